The maximum atomic E-state index is 11.2. The molecule has 4 nitrogen and oxygen atoms in total. The predicted octanol–water partition coefficient (Wildman–Crippen LogP) is 0.669. The van der Waals surface area contributed by atoms with Crippen LogP contribution in [0.2, 0.25) is 0 Å². The van der Waals surface area contributed by atoms with Crippen molar-refractivity contribution < 1.29 is 13.5 Å². The van der Waals surface area contributed by atoms with Crippen molar-refractivity contribution in [3.63, 3.8) is 0 Å². The molecule has 0 amide bonds. The molecule has 2 N–H and O–H groups in total. The molecule has 1 aromatic rings. The Morgan fingerprint density at radius 1 is 1.31 bits per heavy atom. The number of hydrogen-bond donors (Lipinski definition) is 2. The first kappa shape index (κ1) is 11.4. The van der Waals surface area contributed by atoms with Crippen molar-refractivity contribution in [1.29, 1.82) is 0 Å². The molecule has 0 aromatic heterocycles. The first-order valence-electron chi connectivity index (χ1n) is 5.27. The van der Waals surface area contributed by atoms with Crippen LogP contribution in [0.15, 0.2) is 24.3 Å². The van der Waals surface area contributed by atoms with Crippen LogP contribution in [0.4, 0.5) is 0 Å². The van der Waals surface area contributed by atoms with E-state index < -0.39 is 9.84 Å². The zero-order valence-electron chi connectivity index (χ0n) is 8.89. The van der Waals surface area contributed by atoms with E-state index in [0.717, 1.165) is 5.56 Å². The Morgan fingerprint density at radius 3 is 2.56 bits per heavy atom. The fraction of sp³-hybridized carbons (Fsp3) is 0.455. The third-order valence-electron chi connectivity index (χ3n) is 2.76. The van der Waals surface area contributed by atoms with Crippen LogP contribution in [0.5, 0.6) is 5.75 Å². The Bertz CT molecular complexity index is 453. The minimum atomic E-state index is -2.81. The molecule has 88 valence electrons. The summed E-state index contributed by atoms with van der Waals surface area (Å²) in [4.78, 5) is 0. The maximum absolute atomic E-state index is 11.2. The predicted molar refractivity (Wildman–Crippen MR) is 62.0 cm³/mol. The van der Waals surface area contributed by atoms with Gasteiger partial charge in [0.1, 0.15) is 5.75 Å². The van der Waals surface area contributed by atoms with E-state index in [0.29, 0.717) is 18.7 Å². The first-order valence-corrected chi connectivity index (χ1v) is 7.09. The minimum absolute atomic E-state index is 0.0683. The van der Waals surface area contributed by atoms with E-state index in [1.54, 1.807) is 12.1 Å². The fourth-order valence-corrected chi connectivity index (χ4v) is 3.54. The third-order valence-corrected chi connectivity index (χ3v) is 4.53. The number of aromatic hydroxyl groups is 1. The van der Waals surface area contributed by atoms with Crippen molar-refractivity contribution in [2.45, 2.75) is 19.0 Å². The molecule has 0 aliphatic carbocycles. The molecule has 5 heteroatoms. The van der Waals surface area contributed by atoms with Crippen LogP contribution in [-0.4, -0.2) is 31.1 Å². The Hall–Kier alpha value is -1.07. The van der Waals surface area contributed by atoms with Gasteiger partial charge in [0.25, 0.3) is 0 Å². The topological polar surface area (TPSA) is 66.4 Å². The molecule has 1 aromatic carbocycles. The molecule has 1 fully saturated rings. The molecule has 0 bridgehead atoms. The van der Waals surface area contributed by atoms with Gasteiger partial charge in [-0.15, -0.1) is 0 Å². The van der Waals surface area contributed by atoms with Gasteiger partial charge in [-0.1, -0.05) is 12.1 Å². The van der Waals surface area contributed by atoms with E-state index in [2.05, 4.69) is 5.32 Å². The number of sulfone groups is 1. The monoisotopic (exact) mass is 241 g/mol. The van der Waals surface area contributed by atoms with Crippen LogP contribution in [0, 0.1) is 0 Å². The van der Waals surface area contributed by atoms with Crippen molar-refractivity contribution in [3.05, 3.63) is 29.8 Å². The van der Waals surface area contributed by atoms with Crippen molar-refractivity contribution in [2.75, 3.05) is 11.5 Å². The summed E-state index contributed by atoms with van der Waals surface area (Å²) >= 11 is 0. The van der Waals surface area contributed by atoms with Crippen molar-refractivity contribution in [1.82, 2.24) is 5.32 Å². The highest BCUT2D eigenvalue weighted by Gasteiger charge is 2.27. The van der Waals surface area contributed by atoms with Gasteiger partial charge in [-0.2, -0.15) is 0 Å². The Labute approximate surface area is 95.2 Å². The number of hydrogen-bond acceptors (Lipinski definition) is 4. The van der Waals surface area contributed by atoms with E-state index in [-0.39, 0.29) is 17.5 Å². The molecule has 1 aliphatic rings. The molecule has 0 spiro atoms. The van der Waals surface area contributed by atoms with Gasteiger partial charge in [-0.25, -0.2) is 8.42 Å². The van der Waals surface area contributed by atoms with Crippen LogP contribution in [0.25, 0.3) is 0 Å². The lowest BCUT2D eigenvalue weighted by Crippen LogP contribution is -2.29. The standard InChI is InChI=1S/C11H15NO3S/c13-11-3-1-9(2-4-11)7-12-10-5-6-16(14,15)8-10/h1-4,10,12-13H,5-8H2. The Kier molecular flexibility index (Phi) is 3.16. The molecule has 0 radical (unpaired) electrons. The van der Waals surface area contributed by atoms with Gasteiger partial charge in [0.15, 0.2) is 9.84 Å². The van der Waals surface area contributed by atoms with E-state index in [4.69, 9.17) is 5.11 Å². The summed E-state index contributed by atoms with van der Waals surface area (Å²) in [5.74, 6) is 0.776. The van der Waals surface area contributed by atoms with E-state index in [9.17, 15) is 8.42 Å². The second kappa shape index (κ2) is 4.43. The number of nitrogens with one attached hydrogen (secondary N) is 1. The number of rotatable bonds is 3. The number of phenolic OH excluding ortho intramolecular Hbond substituents is 1. The molecular weight excluding hydrogens is 226 g/mol. The zero-order chi connectivity index (χ0) is 11.6. The van der Waals surface area contributed by atoms with E-state index in [1.165, 1.54) is 0 Å². The van der Waals surface area contributed by atoms with Crippen LogP contribution in [0.1, 0.15) is 12.0 Å². The summed E-state index contributed by atoms with van der Waals surface area (Å²) in [6.45, 7) is 0.639. The summed E-state index contributed by atoms with van der Waals surface area (Å²) in [6, 6.07) is 6.97. The van der Waals surface area contributed by atoms with Gasteiger partial charge in [-0.05, 0) is 24.1 Å². The molecule has 1 aliphatic heterocycles. The van der Waals surface area contributed by atoms with Crippen molar-refractivity contribution in [2.24, 2.45) is 0 Å². The maximum Gasteiger partial charge on any atom is 0.151 e. The summed E-state index contributed by atoms with van der Waals surface area (Å²) in [5.41, 5.74) is 1.04. The van der Waals surface area contributed by atoms with Crippen LogP contribution >= 0.6 is 0 Å². The molecule has 1 atom stereocenters. The van der Waals surface area contributed by atoms with Gasteiger partial charge >= 0.3 is 0 Å². The third kappa shape index (κ3) is 2.96. The van der Waals surface area contributed by atoms with E-state index >= 15 is 0 Å². The Balaban J connectivity index is 1.87. The summed E-state index contributed by atoms with van der Waals surface area (Å²) in [6.07, 6.45) is 0.695. The smallest absolute Gasteiger partial charge is 0.151 e. The first-order chi connectivity index (χ1) is 7.55. The lowest BCUT2D eigenvalue weighted by molar-refractivity contribution is 0.474. The van der Waals surface area contributed by atoms with Gasteiger partial charge < -0.3 is 10.4 Å². The highest BCUT2D eigenvalue weighted by molar-refractivity contribution is 7.91. The zero-order valence-corrected chi connectivity index (χ0v) is 9.70. The molecule has 0 saturated carbocycles. The molecule has 16 heavy (non-hydrogen) atoms. The SMILES string of the molecule is O=S1(=O)CCC(NCc2ccc(O)cc2)C1. The van der Waals surface area contributed by atoms with Gasteiger partial charge in [0.05, 0.1) is 11.5 Å². The van der Waals surface area contributed by atoms with Gasteiger partial charge in [-0.3, -0.25) is 0 Å². The highest BCUT2D eigenvalue weighted by Crippen LogP contribution is 2.13. The molecule has 1 unspecified atom stereocenters. The second-order valence-electron chi connectivity index (χ2n) is 4.15. The van der Waals surface area contributed by atoms with Gasteiger partial charge in [0.2, 0.25) is 0 Å². The summed E-state index contributed by atoms with van der Waals surface area (Å²) < 4.78 is 22.4. The second-order valence-corrected chi connectivity index (χ2v) is 6.38. The normalized spacial score (nSPS) is 23.4. The summed E-state index contributed by atoms with van der Waals surface area (Å²) in [7, 11) is -2.81. The van der Waals surface area contributed by atoms with E-state index in [1.807, 2.05) is 12.1 Å². The van der Waals surface area contributed by atoms with Crippen LogP contribution in [0.3, 0.4) is 0 Å². The number of benzene rings is 1. The lowest BCUT2D eigenvalue weighted by atomic mass is 10.2. The minimum Gasteiger partial charge on any atom is -0.508 e. The molecular formula is C11H15NO3S. The Morgan fingerprint density at radius 2 is 2.00 bits per heavy atom. The molecule has 1 saturated heterocycles. The van der Waals surface area contributed by atoms with Crippen LogP contribution < -0.4 is 5.32 Å². The largest absolute Gasteiger partial charge is 0.508 e. The van der Waals surface area contributed by atoms with Crippen molar-refractivity contribution >= 4 is 9.84 Å². The quantitative estimate of drug-likeness (QED) is 0.816. The fourth-order valence-electron chi connectivity index (χ4n) is 1.83. The molecule has 2 rings (SSSR count). The van der Waals surface area contributed by atoms with Crippen molar-refractivity contribution in [3.8, 4) is 5.75 Å². The number of phenols is 1. The average Bonchev–Trinajstić information content (AvgIpc) is 2.58. The average molecular weight is 241 g/mol. The van der Waals surface area contributed by atoms with Gasteiger partial charge in [0, 0.05) is 12.6 Å². The molecule has 1 heterocycles. The lowest BCUT2D eigenvalue weighted by Gasteiger charge is -2.10. The highest BCUT2D eigenvalue weighted by atomic mass is 32.2. The summed E-state index contributed by atoms with van der Waals surface area (Å²) in [5, 5.41) is 12.3. The van der Waals surface area contributed by atoms with Crippen LogP contribution in [-0.2, 0) is 16.4 Å².